The molecule has 0 bridgehead atoms. The molecule has 0 heterocycles. The van der Waals surface area contributed by atoms with Gasteiger partial charge < -0.3 is 8.85 Å². The number of hydrogen-bond donors (Lipinski definition) is 0. The predicted molar refractivity (Wildman–Crippen MR) is 58.1 cm³/mol. The average Bonchev–Trinajstić information content (AvgIpc) is 2.04. The fourth-order valence-corrected chi connectivity index (χ4v) is 4.60. The highest BCUT2D eigenvalue weighted by atomic mass is 127. The zero-order valence-electron chi connectivity index (χ0n) is 7.10. The molecule has 66 valence electrons. The average molecular weight is 286 g/mol. The van der Waals surface area contributed by atoms with Crippen molar-refractivity contribution in [3.8, 4) is 0 Å². The van der Waals surface area contributed by atoms with Crippen molar-refractivity contribution in [3.63, 3.8) is 0 Å². The molecular weight excluding hydrogens is 271 g/mol. The minimum atomic E-state index is -1.99. The summed E-state index contributed by atoms with van der Waals surface area (Å²) in [6, 6.07) is 0. The van der Waals surface area contributed by atoms with Gasteiger partial charge in [-0.1, -0.05) is 22.6 Å². The predicted octanol–water partition coefficient (Wildman–Crippen LogP) is 2.20. The van der Waals surface area contributed by atoms with Crippen LogP contribution in [0.25, 0.3) is 0 Å². The van der Waals surface area contributed by atoms with E-state index in [-0.39, 0.29) is 0 Å². The smallest absolute Gasteiger partial charge is 0.374 e. The second kappa shape index (κ2) is 6.16. The summed E-state index contributed by atoms with van der Waals surface area (Å²) >= 11 is 2.29. The van der Waals surface area contributed by atoms with Gasteiger partial charge in [-0.25, -0.2) is 0 Å². The maximum absolute atomic E-state index is 5.56. The van der Waals surface area contributed by atoms with E-state index in [2.05, 4.69) is 29.2 Å². The van der Waals surface area contributed by atoms with Crippen LogP contribution in [0.5, 0.6) is 0 Å². The van der Waals surface area contributed by atoms with Crippen LogP contribution in [-0.4, -0.2) is 25.8 Å². The van der Waals surface area contributed by atoms with Gasteiger partial charge in [0.1, 0.15) is 0 Å². The molecule has 0 aliphatic heterocycles. The summed E-state index contributed by atoms with van der Waals surface area (Å²) in [5.41, 5.74) is 1.85. The maximum Gasteiger partial charge on any atom is 0.374 e. The Bertz CT molecular complexity index is 113. The molecular formula is C7H15IO2Si. The van der Waals surface area contributed by atoms with Gasteiger partial charge in [-0.15, -0.1) is 6.58 Å². The third-order valence-corrected chi connectivity index (χ3v) is 7.01. The molecule has 4 heteroatoms. The molecule has 0 aliphatic rings. The van der Waals surface area contributed by atoms with Gasteiger partial charge in [-0.2, -0.15) is 0 Å². The minimum absolute atomic E-state index is 0.710. The van der Waals surface area contributed by atoms with E-state index in [0.29, 0.717) is 13.2 Å². The van der Waals surface area contributed by atoms with Crippen LogP contribution in [0.4, 0.5) is 0 Å². The SMILES string of the molecule is C=C[Si](CI)(OCC)OCC. The largest absolute Gasteiger partial charge is 0.391 e. The topological polar surface area (TPSA) is 18.5 Å². The molecule has 0 aromatic carbocycles. The molecule has 0 rings (SSSR count). The summed E-state index contributed by atoms with van der Waals surface area (Å²) in [7, 11) is -1.99. The van der Waals surface area contributed by atoms with E-state index in [1.165, 1.54) is 0 Å². The molecule has 0 fully saturated rings. The van der Waals surface area contributed by atoms with Gasteiger partial charge in [0.05, 0.1) is 0 Å². The van der Waals surface area contributed by atoms with E-state index in [4.69, 9.17) is 8.85 Å². The zero-order valence-corrected chi connectivity index (χ0v) is 10.3. The normalized spacial score (nSPS) is 11.5. The lowest BCUT2D eigenvalue weighted by Gasteiger charge is -2.23. The Morgan fingerprint density at radius 1 is 1.36 bits per heavy atom. The van der Waals surface area contributed by atoms with Crippen molar-refractivity contribution >= 4 is 31.2 Å². The van der Waals surface area contributed by atoms with Crippen molar-refractivity contribution in [2.45, 2.75) is 13.8 Å². The third-order valence-electron chi connectivity index (χ3n) is 1.27. The van der Waals surface area contributed by atoms with Gasteiger partial charge in [0, 0.05) is 17.3 Å². The molecule has 0 spiro atoms. The third kappa shape index (κ3) is 3.68. The van der Waals surface area contributed by atoms with Crippen molar-refractivity contribution in [2.75, 3.05) is 17.3 Å². The molecule has 0 aromatic heterocycles. The van der Waals surface area contributed by atoms with E-state index in [0.717, 1.165) is 4.05 Å². The Balaban J connectivity index is 4.07. The minimum Gasteiger partial charge on any atom is -0.391 e. The number of halogens is 1. The lowest BCUT2D eigenvalue weighted by atomic mass is 10.9. The van der Waals surface area contributed by atoms with E-state index in [1.807, 2.05) is 19.5 Å². The number of hydrogen-bond acceptors (Lipinski definition) is 2. The summed E-state index contributed by atoms with van der Waals surface area (Å²) in [6.07, 6.45) is 0. The van der Waals surface area contributed by atoms with Crippen molar-refractivity contribution in [1.82, 2.24) is 0 Å². The molecule has 0 aliphatic carbocycles. The van der Waals surface area contributed by atoms with Crippen LogP contribution < -0.4 is 0 Å². The molecule has 0 saturated heterocycles. The highest BCUT2D eigenvalue weighted by Crippen LogP contribution is 2.11. The highest BCUT2D eigenvalue weighted by Gasteiger charge is 2.31. The molecule has 2 nitrogen and oxygen atoms in total. The van der Waals surface area contributed by atoms with Crippen molar-refractivity contribution in [1.29, 1.82) is 0 Å². The zero-order chi connectivity index (χ0) is 8.74. The number of alkyl halides is 1. The fraction of sp³-hybridized carbons (Fsp3) is 0.714. The molecule has 11 heavy (non-hydrogen) atoms. The van der Waals surface area contributed by atoms with Gasteiger partial charge in [-0.3, -0.25) is 0 Å². The first-order valence-corrected chi connectivity index (χ1v) is 7.34. The Morgan fingerprint density at radius 3 is 2.00 bits per heavy atom. The molecule has 0 unspecified atom stereocenters. The molecule has 0 amide bonds. The van der Waals surface area contributed by atoms with E-state index in [9.17, 15) is 0 Å². The lowest BCUT2D eigenvalue weighted by Crippen LogP contribution is -2.42. The van der Waals surface area contributed by atoms with Crippen LogP contribution in [0.2, 0.25) is 0 Å². The molecule has 0 N–H and O–H groups in total. The first kappa shape index (κ1) is 11.6. The Morgan fingerprint density at radius 2 is 1.82 bits per heavy atom. The van der Waals surface area contributed by atoms with Crippen molar-refractivity contribution < 1.29 is 8.85 Å². The molecule has 0 aromatic rings. The van der Waals surface area contributed by atoms with Crippen LogP contribution in [0.15, 0.2) is 12.3 Å². The van der Waals surface area contributed by atoms with Gasteiger partial charge in [-0.05, 0) is 19.5 Å². The summed E-state index contributed by atoms with van der Waals surface area (Å²) in [6.45, 7) is 9.13. The van der Waals surface area contributed by atoms with Crippen molar-refractivity contribution in [3.05, 3.63) is 12.3 Å². The van der Waals surface area contributed by atoms with Crippen molar-refractivity contribution in [2.24, 2.45) is 0 Å². The van der Waals surface area contributed by atoms with E-state index in [1.54, 1.807) is 0 Å². The summed E-state index contributed by atoms with van der Waals surface area (Å²) in [5, 5.41) is 0. The molecule has 0 atom stereocenters. The van der Waals surface area contributed by atoms with Crippen LogP contribution in [-0.2, 0) is 8.85 Å². The Kier molecular flexibility index (Phi) is 6.50. The fourth-order valence-electron chi connectivity index (χ4n) is 0.780. The van der Waals surface area contributed by atoms with Crippen LogP contribution in [0, 0.1) is 0 Å². The maximum atomic E-state index is 5.56. The van der Waals surface area contributed by atoms with E-state index >= 15 is 0 Å². The van der Waals surface area contributed by atoms with Gasteiger partial charge in [0.25, 0.3) is 0 Å². The quantitative estimate of drug-likeness (QED) is 0.423. The second-order valence-corrected chi connectivity index (χ2v) is 7.18. The first-order valence-electron chi connectivity index (χ1n) is 3.72. The highest BCUT2D eigenvalue weighted by molar-refractivity contribution is 14.1. The standard InChI is InChI=1S/C7H15IO2Si/c1-4-9-11(6-3,7-8)10-5-2/h6H,3-5,7H2,1-2H3. The van der Waals surface area contributed by atoms with Crippen LogP contribution >= 0.6 is 22.6 Å². The Hall–Kier alpha value is 0.607. The monoisotopic (exact) mass is 286 g/mol. The summed E-state index contributed by atoms with van der Waals surface area (Å²) in [5.74, 6) is 0. The van der Waals surface area contributed by atoms with Gasteiger partial charge >= 0.3 is 8.56 Å². The number of rotatable bonds is 6. The van der Waals surface area contributed by atoms with Gasteiger partial charge in [0.15, 0.2) is 0 Å². The lowest BCUT2D eigenvalue weighted by molar-refractivity contribution is 0.201. The first-order chi connectivity index (χ1) is 5.24. The van der Waals surface area contributed by atoms with E-state index < -0.39 is 8.56 Å². The Labute approximate surface area is 83.4 Å². The molecule has 0 radical (unpaired) electrons. The van der Waals surface area contributed by atoms with Crippen LogP contribution in [0.1, 0.15) is 13.8 Å². The molecule has 0 saturated carbocycles. The van der Waals surface area contributed by atoms with Crippen LogP contribution in [0.3, 0.4) is 0 Å². The second-order valence-electron chi connectivity index (χ2n) is 2.02. The summed E-state index contributed by atoms with van der Waals surface area (Å²) < 4.78 is 12.0. The van der Waals surface area contributed by atoms with Gasteiger partial charge in [0.2, 0.25) is 0 Å². The summed E-state index contributed by atoms with van der Waals surface area (Å²) in [4.78, 5) is 0.